The van der Waals surface area contributed by atoms with Gasteiger partial charge in [0.05, 0.1) is 0 Å². The van der Waals surface area contributed by atoms with E-state index in [1.54, 1.807) is 13.0 Å². The lowest BCUT2D eigenvalue weighted by Gasteiger charge is -2.09. The number of hydrogen-bond donors (Lipinski definition) is 4. The second-order valence-corrected chi connectivity index (χ2v) is 3.55. The van der Waals surface area contributed by atoms with Gasteiger partial charge in [0.25, 0.3) is 0 Å². The summed E-state index contributed by atoms with van der Waals surface area (Å²) >= 11 is 0. The van der Waals surface area contributed by atoms with Crippen molar-refractivity contribution in [2.45, 2.75) is 19.4 Å². The van der Waals surface area contributed by atoms with Crippen molar-refractivity contribution in [1.82, 2.24) is 4.98 Å². The SMILES string of the molecule is Cc1cc(B(O)O)cnc1C[C@H](N)C(=O)O. The summed E-state index contributed by atoms with van der Waals surface area (Å²) in [6, 6.07) is 0.540. The molecular formula is C9H13BN2O4. The Balaban J connectivity index is 2.87. The third-order valence-corrected chi connectivity index (χ3v) is 2.24. The molecule has 16 heavy (non-hydrogen) atoms. The van der Waals surface area contributed by atoms with Crippen LogP contribution in [0.1, 0.15) is 11.3 Å². The van der Waals surface area contributed by atoms with Crippen molar-refractivity contribution in [3.05, 3.63) is 23.5 Å². The molecule has 0 aromatic carbocycles. The van der Waals surface area contributed by atoms with Crippen LogP contribution in [0.15, 0.2) is 12.3 Å². The Hall–Kier alpha value is -1.44. The molecule has 0 saturated heterocycles. The number of nitrogens with zero attached hydrogens (tertiary/aromatic N) is 1. The van der Waals surface area contributed by atoms with Crippen LogP contribution in [0.2, 0.25) is 0 Å². The Morgan fingerprint density at radius 3 is 2.69 bits per heavy atom. The predicted octanol–water partition coefficient (Wildman–Crippen LogP) is -1.98. The van der Waals surface area contributed by atoms with Crippen LogP contribution in [-0.2, 0) is 11.2 Å². The topological polar surface area (TPSA) is 117 Å². The number of carbonyl (C=O) groups is 1. The van der Waals surface area contributed by atoms with E-state index in [0.717, 1.165) is 0 Å². The van der Waals surface area contributed by atoms with Gasteiger partial charge in [-0.05, 0) is 12.5 Å². The van der Waals surface area contributed by atoms with E-state index in [1.165, 1.54) is 6.20 Å². The molecule has 0 aliphatic rings. The first kappa shape index (κ1) is 12.6. The van der Waals surface area contributed by atoms with Gasteiger partial charge >= 0.3 is 13.1 Å². The van der Waals surface area contributed by atoms with Gasteiger partial charge in [0.2, 0.25) is 0 Å². The first-order valence-electron chi connectivity index (χ1n) is 4.71. The van der Waals surface area contributed by atoms with Gasteiger partial charge in [-0.1, -0.05) is 6.07 Å². The van der Waals surface area contributed by atoms with Crippen LogP contribution in [0.25, 0.3) is 0 Å². The lowest BCUT2D eigenvalue weighted by molar-refractivity contribution is -0.138. The number of aliphatic carboxylic acids is 1. The van der Waals surface area contributed by atoms with Crippen LogP contribution < -0.4 is 11.2 Å². The highest BCUT2D eigenvalue weighted by Gasteiger charge is 2.17. The van der Waals surface area contributed by atoms with E-state index >= 15 is 0 Å². The van der Waals surface area contributed by atoms with Gasteiger partial charge < -0.3 is 20.9 Å². The maximum absolute atomic E-state index is 10.6. The summed E-state index contributed by atoms with van der Waals surface area (Å²) in [5.41, 5.74) is 6.87. The minimum atomic E-state index is -1.58. The fourth-order valence-electron chi connectivity index (χ4n) is 1.28. The first-order chi connectivity index (χ1) is 7.41. The molecule has 1 aromatic heterocycles. The van der Waals surface area contributed by atoms with Crippen molar-refractivity contribution in [3.63, 3.8) is 0 Å². The fraction of sp³-hybridized carbons (Fsp3) is 0.333. The van der Waals surface area contributed by atoms with Crippen molar-refractivity contribution >= 4 is 18.6 Å². The number of nitrogens with two attached hydrogens (primary N) is 1. The zero-order valence-electron chi connectivity index (χ0n) is 8.79. The summed E-state index contributed by atoms with van der Waals surface area (Å²) in [6.45, 7) is 1.71. The molecule has 0 aliphatic heterocycles. The highest BCUT2D eigenvalue weighted by Crippen LogP contribution is 2.05. The van der Waals surface area contributed by atoms with Gasteiger partial charge in [-0.25, -0.2) is 0 Å². The van der Waals surface area contributed by atoms with Crippen LogP contribution in [0.4, 0.5) is 0 Å². The monoisotopic (exact) mass is 224 g/mol. The van der Waals surface area contributed by atoms with E-state index in [0.29, 0.717) is 11.3 Å². The Kier molecular flexibility index (Phi) is 4.00. The van der Waals surface area contributed by atoms with Crippen molar-refractivity contribution in [2.24, 2.45) is 5.73 Å². The normalized spacial score (nSPS) is 12.2. The van der Waals surface area contributed by atoms with Gasteiger partial charge in [-0.3, -0.25) is 9.78 Å². The van der Waals surface area contributed by atoms with E-state index < -0.39 is 19.1 Å². The molecule has 1 rings (SSSR count). The average molecular weight is 224 g/mol. The van der Waals surface area contributed by atoms with Gasteiger partial charge in [0.1, 0.15) is 6.04 Å². The van der Waals surface area contributed by atoms with E-state index in [-0.39, 0.29) is 11.9 Å². The molecule has 0 spiro atoms. The van der Waals surface area contributed by atoms with E-state index in [2.05, 4.69) is 4.98 Å². The number of carboxylic acids is 1. The summed E-state index contributed by atoms with van der Waals surface area (Å²) in [7, 11) is -1.58. The molecule has 0 radical (unpaired) electrons. The van der Waals surface area contributed by atoms with Gasteiger partial charge in [-0.15, -0.1) is 0 Å². The van der Waals surface area contributed by atoms with Crippen molar-refractivity contribution in [1.29, 1.82) is 0 Å². The molecule has 86 valence electrons. The average Bonchev–Trinajstić information content (AvgIpc) is 2.20. The third-order valence-electron chi connectivity index (χ3n) is 2.24. The van der Waals surface area contributed by atoms with Crippen LogP contribution >= 0.6 is 0 Å². The van der Waals surface area contributed by atoms with Crippen LogP contribution in [0.5, 0.6) is 0 Å². The van der Waals surface area contributed by atoms with Crippen molar-refractivity contribution in [3.8, 4) is 0 Å². The predicted molar refractivity (Wildman–Crippen MR) is 58.1 cm³/mol. The number of aromatic nitrogens is 1. The fourth-order valence-corrected chi connectivity index (χ4v) is 1.28. The molecular weight excluding hydrogens is 211 g/mol. The van der Waals surface area contributed by atoms with E-state index in [1.807, 2.05) is 0 Å². The molecule has 1 heterocycles. The molecule has 7 heteroatoms. The molecule has 6 nitrogen and oxygen atoms in total. The van der Waals surface area contributed by atoms with Crippen LogP contribution in [-0.4, -0.2) is 39.3 Å². The minimum absolute atomic E-state index is 0.114. The maximum atomic E-state index is 10.6. The third kappa shape index (κ3) is 3.03. The number of rotatable bonds is 4. The zero-order chi connectivity index (χ0) is 12.3. The number of carboxylic acid groups (broad SMARTS) is 1. The molecule has 0 fully saturated rings. The zero-order valence-corrected chi connectivity index (χ0v) is 8.79. The second-order valence-electron chi connectivity index (χ2n) is 3.55. The summed E-state index contributed by atoms with van der Waals surface area (Å²) in [5.74, 6) is -1.09. The molecule has 1 atom stereocenters. The molecule has 0 aliphatic carbocycles. The van der Waals surface area contributed by atoms with Gasteiger partial charge in [-0.2, -0.15) is 0 Å². The second kappa shape index (κ2) is 5.06. The molecule has 0 amide bonds. The minimum Gasteiger partial charge on any atom is -0.480 e. The summed E-state index contributed by atoms with van der Waals surface area (Å²) in [6.07, 6.45) is 1.41. The summed E-state index contributed by atoms with van der Waals surface area (Å²) in [4.78, 5) is 14.5. The Labute approximate surface area is 92.9 Å². The summed E-state index contributed by atoms with van der Waals surface area (Å²) in [5, 5.41) is 26.5. The molecule has 0 bridgehead atoms. The summed E-state index contributed by atoms with van der Waals surface area (Å²) < 4.78 is 0. The number of aryl methyl sites for hydroxylation is 1. The van der Waals surface area contributed by atoms with E-state index in [4.69, 9.17) is 20.9 Å². The quantitative estimate of drug-likeness (QED) is 0.440. The molecule has 0 unspecified atom stereocenters. The van der Waals surface area contributed by atoms with E-state index in [9.17, 15) is 4.79 Å². The smallest absolute Gasteiger partial charge is 0.480 e. The van der Waals surface area contributed by atoms with Crippen LogP contribution in [0, 0.1) is 6.92 Å². The number of hydrogen-bond acceptors (Lipinski definition) is 5. The molecule has 0 saturated carbocycles. The van der Waals surface area contributed by atoms with Crippen LogP contribution in [0.3, 0.4) is 0 Å². The maximum Gasteiger partial charge on any atom is 0.490 e. The van der Waals surface area contributed by atoms with Gasteiger partial charge in [0, 0.05) is 23.8 Å². The number of pyridine rings is 1. The molecule has 5 N–H and O–H groups in total. The highest BCUT2D eigenvalue weighted by atomic mass is 16.4. The van der Waals surface area contributed by atoms with Crippen molar-refractivity contribution in [2.75, 3.05) is 0 Å². The van der Waals surface area contributed by atoms with Crippen molar-refractivity contribution < 1.29 is 19.9 Å². The standard InChI is InChI=1S/C9H13BN2O4/c1-5-2-6(10(15)16)4-12-8(5)3-7(11)9(13)14/h2,4,7,15-16H,3,11H2,1H3,(H,13,14)/t7-/m0/s1. The highest BCUT2D eigenvalue weighted by molar-refractivity contribution is 6.58. The Morgan fingerprint density at radius 1 is 1.62 bits per heavy atom. The lowest BCUT2D eigenvalue weighted by Crippen LogP contribution is -2.34. The first-order valence-corrected chi connectivity index (χ1v) is 4.71. The molecule has 1 aromatic rings. The largest absolute Gasteiger partial charge is 0.490 e. The lowest BCUT2D eigenvalue weighted by atomic mass is 9.80. The Bertz CT molecular complexity index is 397. The van der Waals surface area contributed by atoms with Gasteiger partial charge in [0.15, 0.2) is 0 Å². The Morgan fingerprint density at radius 2 is 2.25 bits per heavy atom.